The molecule has 0 aromatic heterocycles. The smallest absolute Gasteiger partial charge is 0.0107 e. The van der Waals surface area contributed by atoms with Crippen LogP contribution in [0.5, 0.6) is 0 Å². The minimum Gasteiger partial charge on any atom is -0.313 e. The van der Waals surface area contributed by atoms with Gasteiger partial charge in [0.05, 0.1) is 0 Å². The van der Waals surface area contributed by atoms with E-state index < -0.39 is 0 Å². The number of rotatable bonds is 7. The summed E-state index contributed by atoms with van der Waals surface area (Å²) < 4.78 is 0. The first-order chi connectivity index (χ1) is 8.67. The Hall–Kier alpha value is -0.0800. The molecule has 2 heteroatoms. The number of hydrogen-bond donors (Lipinski definition) is 1. The second-order valence-corrected chi connectivity index (χ2v) is 6.19. The van der Waals surface area contributed by atoms with Gasteiger partial charge in [0.25, 0.3) is 0 Å². The van der Waals surface area contributed by atoms with Crippen molar-refractivity contribution in [3.63, 3.8) is 0 Å². The normalized spacial score (nSPS) is 25.7. The summed E-state index contributed by atoms with van der Waals surface area (Å²) in [6.07, 6.45) is 7.08. The molecule has 1 saturated carbocycles. The fourth-order valence-electron chi connectivity index (χ4n) is 3.17. The lowest BCUT2D eigenvalue weighted by Gasteiger charge is -2.22. The lowest BCUT2D eigenvalue weighted by atomic mass is 9.89. The molecule has 2 atom stereocenters. The van der Waals surface area contributed by atoms with E-state index in [9.17, 15) is 0 Å². The van der Waals surface area contributed by atoms with E-state index in [-0.39, 0.29) is 0 Å². The molecule has 1 aliphatic rings. The summed E-state index contributed by atoms with van der Waals surface area (Å²) in [7, 11) is 0. The van der Waals surface area contributed by atoms with Crippen LogP contribution >= 0.6 is 0 Å². The molecule has 0 saturated heterocycles. The van der Waals surface area contributed by atoms with Gasteiger partial charge in [-0.25, -0.2) is 0 Å². The highest BCUT2D eigenvalue weighted by Crippen LogP contribution is 2.28. The van der Waals surface area contributed by atoms with Crippen LogP contribution in [-0.2, 0) is 0 Å². The predicted molar refractivity (Wildman–Crippen MR) is 81.0 cm³/mol. The predicted octanol–water partition coefficient (Wildman–Crippen LogP) is 3.52. The van der Waals surface area contributed by atoms with Crippen LogP contribution in [0, 0.1) is 11.8 Å². The molecular weight excluding hydrogens is 220 g/mol. The fraction of sp³-hybridized carbons (Fsp3) is 1.00. The van der Waals surface area contributed by atoms with Crippen LogP contribution in [0.1, 0.15) is 59.8 Å². The van der Waals surface area contributed by atoms with Gasteiger partial charge in [-0.05, 0) is 44.2 Å². The van der Waals surface area contributed by atoms with E-state index in [0.29, 0.717) is 0 Å². The van der Waals surface area contributed by atoms with Crippen molar-refractivity contribution in [2.24, 2.45) is 11.8 Å². The van der Waals surface area contributed by atoms with Crippen molar-refractivity contribution in [2.45, 2.75) is 65.8 Å². The van der Waals surface area contributed by atoms with Crippen LogP contribution < -0.4 is 5.32 Å². The molecule has 0 spiro atoms. The molecule has 0 aromatic rings. The molecule has 0 aromatic carbocycles. The minimum atomic E-state index is 0.782. The van der Waals surface area contributed by atoms with Gasteiger partial charge in [0.1, 0.15) is 0 Å². The lowest BCUT2D eigenvalue weighted by Crippen LogP contribution is -2.37. The van der Waals surface area contributed by atoms with Crippen molar-refractivity contribution in [2.75, 3.05) is 26.2 Å². The van der Waals surface area contributed by atoms with E-state index in [4.69, 9.17) is 0 Å². The van der Waals surface area contributed by atoms with E-state index in [1.54, 1.807) is 0 Å². The van der Waals surface area contributed by atoms with Crippen molar-refractivity contribution in [1.29, 1.82) is 0 Å². The Balaban J connectivity index is 2.19. The Morgan fingerprint density at radius 3 is 2.39 bits per heavy atom. The number of nitrogens with zero attached hydrogens (tertiary/aromatic N) is 1. The Morgan fingerprint density at radius 1 is 1.06 bits per heavy atom. The molecule has 18 heavy (non-hydrogen) atoms. The Labute approximate surface area is 115 Å². The van der Waals surface area contributed by atoms with Crippen LogP contribution in [0.4, 0.5) is 0 Å². The molecule has 0 aliphatic heterocycles. The second kappa shape index (κ2) is 8.92. The van der Waals surface area contributed by atoms with Crippen molar-refractivity contribution < 1.29 is 0 Å². The third-order valence-corrected chi connectivity index (χ3v) is 4.71. The molecule has 0 heterocycles. The average Bonchev–Trinajstić information content (AvgIpc) is 2.60. The SMILES string of the molecule is CCN(CC)CCNC1CCCC(C(C)C)CC1. The average molecular weight is 254 g/mol. The maximum absolute atomic E-state index is 3.78. The van der Waals surface area contributed by atoms with Crippen molar-refractivity contribution in [3.05, 3.63) is 0 Å². The van der Waals surface area contributed by atoms with E-state index in [0.717, 1.165) is 17.9 Å². The quantitative estimate of drug-likeness (QED) is 0.699. The molecule has 1 aliphatic carbocycles. The maximum Gasteiger partial charge on any atom is 0.0107 e. The summed E-state index contributed by atoms with van der Waals surface area (Å²) in [5.74, 6) is 1.85. The third kappa shape index (κ3) is 5.71. The maximum atomic E-state index is 3.78. The van der Waals surface area contributed by atoms with Crippen molar-refractivity contribution in [3.8, 4) is 0 Å². The summed E-state index contributed by atoms with van der Waals surface area (Å²) in [5.41, 5.74) is 0. The Bertz CT molecular complexity index is 199. The molecule has 0 amide bonds. The van der Waals surface area contributed by atoms with Gasteiger partial charge in [-0.2, -0.15) is 0 Å². The first-order valence-electron chi connectivity index (χ1n) is 8.13. The number of likely N-dealkylation sites (N-methyl/N-ethyl adjacent to an activating group) is 1. The first-order valence-corrected chi connectivity index (χ1v) is 8.13. The lowest BCUT2D eigenvalue weighted by molar-refractivity contribution is 0.291. The summed E-state index contributed by atoms with van der Waals surface area (Å²) in [4.78, 5) is 2.50. The van der Waals surface area contributed by atoms with Gasteiger partial charge in [0.15, 0.2) is 0 Å². The van der Waals surface area contributed by atoms with Crippen LogP contribution in [0.25, 0.3) is 0 Å². The molecule has 2 unspecified atom stereocenters. The van der Waals surface area contributed by atoms with Crippen LogP contribution in [0.3, 0.4) is 0 Å². The van der Waals surface area contributed by atoms with Gasteiger partial charge in [-0.1, -0.05) is 40.5 Å². The number of nitrogens with one attached hydrogen (secondary N) is 1. The molecular formula is C16H34N2. The van der Waals surface area contributed by atoms with Crippen LogP contribution in [0.2, 0.25) is 0 Å². The zero-order valence-corrected chi connectivity index (χ0v) is 13.0. The topological polar surface area (TPSA) is 15.3 Å². The largest absolute Gasteiger partial charge is 0.313 e. The summed E-state index contributed by atoms with van der Waals surface area (Å²) in [6.45, 7) is 14.0. The Kier molecular flexibility index (Phi) is 7.92. The van der Waals surface area contributed by atoms with Gasteiger partial charge in [0.2, 0.25) is 0 Å². The zero-order chi connectivity index (χ0) is 13.4. The monoisotopic (exact) mass is 254 g/mol. The van der Waals surface area contributed by atoms with E-state index in [1.165, 1.54) is 58.3 Å². The van der Waals surface area contributed by atoms with Crippen LogP contribution in [0.15, 0.2) is 0 Å². The third-order valence-electron chi connectivity index (χ3n) is 4.71. The van der Waals surface area contributed by atoms with Gasteiger partial charge >= 0.3 is 0 Å². The highest BCUT2D eigenvalue weighted by atomic mass is 15.1. The molecule has 0 radical (unpaired) electrons. The highest BCUT2D eigenvalue weighted by Gasteiger charge is 2.20. The van der Waals surface area contributed by atoms with Crippen molar-refractivity contribution >= 4 is 0 Å². The first kappa shape index (κ1) is 16.0. The summed E-state index contributed by atoms with van der Waals surface area (Å²) in [5, 5.41) is 3.78. The van der Waals surface area contributed by atoms with Gasteiger partial charge < -0.3 is 10.2 Å². The summed E-state index contributed by atoms with van der Waals surface area (Å²) >= 11 is 0. The molecule has 0 bridgehead atoms. The van der Waals surface area contributed by atoms with Crippen LogP contribution in [-0.4, -0.2) is 37.1 Å². The molecule has 1 fully saturated rings. The second-order valence-electron chi connectivity index (χ2n) is 6.19. The number of hydrogen-bond acceptors (Lipinski definition) is 2. The fourth-order valence-corrected chi connectivity index (χ4v) is 3.17. The zero-order valence-electron chi connectivity index (χ0n) is 13.0. The molecule has 108 valence electrons. The molecule has 2 nitrogen and oxygen atoms in total. The Morgan fingerprint density at radius 2 is 1.78 bits per heavy atom. The summed E-state index contributed by atoms with van der Waals surface area (Å²) in [6, 6.07) is 0.782. The van der Waals surface area contributed by atoms with E-state index in [2.05, 4.69) is 37.9 Å². The van der Waals surface area contributed by atoms with Gasteiger partial charge in [-0.15, -0.1) is 0 Å². The van der Waals surface area contributed by atoms with Gasteiger partial charge in [0, 0.05) is 19.1 Å². The van der Waals surface area contributed by atoms with Crippen molar-refractivity contribution in [1.82, 2.24) is 10.2 Å². The molecule has 1 rings (SSSR count). The standard InChI is InChI=1S/C16H34N2/c1-5-18(6-2)13-12-17-16-9-7-8-15(10-11-16)14(3)4/h14-17H,5-13H2,1-4H3. The highest BCUT2D eigenvalue weighted by molar-refractivity contribution is 4.76. The van der Waals surface area contributed by atoms with Gasteiger partial charge in [-0.3, -0.25) is 0 Å². The van der Waals surface area contributed by atoms with E-state index >= 15 is 0 Å². The van der Waals surface area contributed by atoms with E-state index in [1.807, 2.05) is 0 Å². The molecule has 1 N–H and O–H groups in total. The minimum absolute atomic E-state index is 0.782.